The Morgan fingerprint density at radius 3 is 2.59 bits per heavy atom. The van der Waals surface area contributed by atoms with Gasteiger partial charge in [-0.2, -0.15) is 0 Å². The quantitative estimate of drug-likeness (QED) is 0.627. The van der Waals surface area contributed by atoms with Crippen LogP contribution in [0.2, 0.25) is 0 Å². The first-order valence-corrected chi connectivity index (χ1v) is 10.9. The summed E-state index contributed by atoms with van der Waals surface area (Å²) in [6.45, 7) is 12.2. The van der Waals surface area contributed by atoms with Gasteiger partial charge in [0.05, 0.1) is 18.1 Å². The number of ether oxygens (including phenoxy) is 3. The molecule has 6 nitrogen and oxygen atoms in total. The summed E-state index contributed by atoms with van der Waals surface area (Å²) in [5.74, 6) is -3.20. The van der Waals surface area contributed by atoms with Gasteiger partial charge in [-0.1, -0.05) is 20.4 Å². The number of aliphatic hydroxyl groups excluding tert-OH is 1. The third-order valence-corrected chi connectivity index (χ3v) is 9.39. The van der Waals surface area contributed by atoms with Crippen LogP contribution in [0.3, 0.4) is 0 Å². The van der Waals surface area contributed by atoms with Crippen LogP contribution in [0.15, 0.2) is 12.2 Å². The van der Waals surface area contributed by atoms with Crippen LogP contribution in [-0.4, -0.2) is 47.1 Å². The topological polar surface area (TPSA) is 82.1 Å². The zero-order chi connectivity index (χ0) is 20.8. The van der Waals surface area contributed by atoms with Crippen LogP contribution in [0.5, 0.6) is 0 Å². The highest BCUT2D eigenvalue weighted by Crippen LogP contribution is 2.78. The molecule has 3 heterocycles. The molecule has 3 spiro atoms. The number of rotatable bonds is 0. The van der Waals surface area contributed by atoms with Gasteiger partial charge in [-0.3, -0.25) is 9.59 Å². The maximum atomic E-state index is 13.9. The maximum absolute atomic E-state index is 13.9. The number of fused-ring (bicyclic) bond motifs is 1. The van der Waals surface area contributed by atoms with Crippen LogP contribution in [0.25, 0.3) is 0 Å². The maximum Gasteiger partial charge on any atom is 0.213 e. The fourth-order valence-electron chi connectivity index (χ4n) is 8.61. The van der Waals surface area contributed by atoms with E-state index in [1.54, 1.807) is 0 Å². The second kappa shape index (κ2) is 4.87. The van der Waals surface area contributed by atoms with Gasteiger partial charge >= 0.3 is 0 Å². The summed E-state index contributed by atoms with van der Waals surface area (Å²) in [6, 6.07) is 0. The molecule has 0 aromatic carbocycles. The fraction of sp³-hybridized carbons (Fsp3) is 0.826. The largest absolute Gasteiger partial charge is 0.387 e. The molecule has 8 atom stereocenters. The van der Waals surface area contributed by atoms with E-state index < -0.39 is 34.6 Å². The Morgan fingerprint density at radius 1 is 1.14 bits per heavy atom. The highest BCUT2D eigenvalue weighted by atomic mass is 16.8. The van der Waals surface area contributed by atoms with Crippen molar-refractivity contribution in [2.45, 2.75) is 77.2 Å². The Hall–Kier alpha value is -1.08. The first-order chi connectivity index (χ1) is 13.5. The van der Waals surface area contributed by atoms with Crippen LogP contribution in [0.4, 0.5) is 0 Å². The molecule has 0 aromatic rings. The number of Topliss-reactive ketones (excluding diaryl/α,β-unsaturated/α-hetero) is 2. The second-order valence-corrected chi connectivity index (χ2v) is 11.3. The molecule has 3 saturated heterocycles. The minimum absolute atomic E-state index is 0.115. The van der Waals surface area contributed by atoms with E-state index in [0.29, 0.717) is 12.0 Å². The summed E-state index contributed by atoms with van der Waals surface area (Å²) in [5.41, 5.74) is -1.79. The summed E-state index contributed by atoms with van der Waals surface area (Å²) in [5, 5.41) is 11.9. The molecule has 1 N–H and O–H groups in total. The van der Waals surface area contributed by atoms with Gasteiger partial charge in [0, 0.05) is 18.3 Å². The molecule has 0 radical (unpaired) electrons. The molecule has 0 aromatic heterocycles. The molecule has 4 aliphatic carbocycles. The van der Waals surface area contributed by atoms with E-state index in [9.17, 15) is 14.7 Å². The van der Waals surface area contributed by atoms with Gasteiger partial charge in [-0.15, -0.1) is 0 Å². The lowest BCUT2D eigenvalue weighted by molar-refractivity contribution is -0.523. The summed E-state index contributed by atoms with van der Waals surface area (Å²) in [6.07, 6.45) is 1.12. The molecule has 4 saturated carbocycles. The van der Waals surface area contributed by atoms with Crippen LogP contribution in [0.1, 0.15) is 53.4 Å². The van der Waals surface area contributed by atoms with E-state index in [0.717, 1.165) is 19.3 Å². The Balaban J connectivity index is 1.69. The second-order valence-electron chi connectivity index (χ2n) is 11.3. The molecule has 7 fully saturated rings. The molecule has 0 amide bonds. The third-order valence-electron chi connectivity index (χ3n) is 9.39. The zero-order valence-corrected chi connectivity index (χ0v) is 17.6. The van der Waals surface area contributed by atoms with Gasteiger partial charge in [-0.25, -0.2) is 0 Å². The first-order valence-electron chi connectivity index (χ1n) is 10.9. The van der Waals surface area contributed by atoms with Crippen molar-refractivity contribution in [2.24, 2.45) is 34.0 Å². The number of hydrogen-bond donors (Lipinski definition) is 1. The molecule has 1 unspecified atom stereocenters. The highest BCUT2D eigenvalue weighted by Gasteiger charge is 2.90. The van der Waals surface area contributed by atoms with Crippen LogP contribution < -0.4 is 0 Å². The molecule has 7 aliphatic rings. The normalized spacial score (nSPS) is 56.2. The Morgan fingerprint density at radius 2 is 1.86 bits per heavy atom. The number of hydrogen-bond acceptors (Lipinski definition) is 6. The van der Waals surface area contributed by atoms with Gasteiger partial charge in [0.15, 0.2) is 11.6 Å². The van der Waals surface area contributed by atoms with E-state index in [1.807, 2.05) is 13.8 Å². The minimum Gasteiger partial charge on any atom is -0.387 e. The monoisotopic (exact) mass is 402 g/mol. The van der Waals surface area contributed by atoms with Gasteiger partial charge in [0.1, 0.15) is 17.3 Å². The molecule has 3 aliphatic heterocycles. The third kappa shape index (κ3) is 1.64. The van der Waals surface area contributed by atoms with Gasteiger partial charge in [0.25, 0.3) is 0 Å². The highest BCUT2D eigenvalue weighted by molar-refractivity contribution is 6.06. The van der Waals surface area contributed by atoms with E-state index >= 15 is 0 Å². The van der Waals surface area contributed by atoms with Crippen molar-refractivity contribution in [3.8, 4) is 0 Å². The van der Waals surface area contributed by atoms with Gasteiger partial charge in [0.2, 0.25) is 5.79 Å². The number of carbonyl (C=O) groups is 2. The van der Waals surface area contributed by atoms with Crippen LogP contribution in [0, 0.1) is 34.0 Å². The minimum atomic E-state index is -1.50. The van der Waals surface area contributed by atoms with E-state index in [2.05, 4.69) is 20.4 Å². The van der Waals surface area contributed by atoms with Crippen molar-refractivity contribution in [1.29, 1.82) is 0 Å². The molecule has 4 bridgehead atoms. The lowest BCUT2D eigenvalue weighted by Gasteiger charge is -2.76. The van der Waals surface area contributed by atoms with Crippen LogP contribution in [-0.2, 0) is 23.8 Å². The van der Waals surface area contributed by atoms with E-state index in [1.165, 1.54) is 0 Å². The smallest absolute Gasteiger partial charge is 0.213 e. The molecule has 7 rings (SSSR count). The van der Waals surface area contributed by atoms with Gasteiger partial charge in [-0.05, 0) is 50.0 Å². The number of ketones is 2. The summed E-state index contributed by atoms with van der Waals surface area (Å²) in [4.78, 5) is 27.5. The lowest BCUT2D eigenvalue weighted by atomic mass is 9.35. The molecule has 29 heavy (non-hydrogen) atoms. The van der Waals surface area contributed by atoms with E-state index in [-0.39, 0.29) is 41.3 Å². The van der Waals surface area contributed by atoms with E-state index in [4.69, 9.17) is 14.2 Å². The molecular weight excluding hydrogens is 372 g/mol. The standard InChI is InChI=1S/C23H30O6/c1-11-12-6-7-13-21-10-27-23(17(26)15(21)19(2,3)9-8-14(21)24)22(13,16(11)25)18(12)28-20(4,5)29-23/h12-13,15,17-18,26H,1,6-10H2,2-5H3/t12-,13-,15+,17-,18+,21+,22-,23?/m0/s1. The Kier molecular flexibility index (Phi) is 3.14. The van der Waals surface area contributed by atoms with Crippen molar-refractivity contribution in [1.82, 2.24) is 0 Å². The predicted octanol–water partition coefficient (Wildman–Crippen LogP) is 2.38. The number of aliphatic hydroxyl groups is 1. The molecule has 158 valence electrons. The van der Waals surface area contributed by atoms with Crippen molar-refractivity contribution in [2.75, 3.05) is 6.61 Å². The average Bonchev–Trinajstić information content (AvgIpc) is 2.75. The van der Waals surface area contributed by atoms with Crippen molar-refractivity contribution >= 4 is 11.6 Å². The Labute approximate surface area is 171 Å². The van der Waals surface area contributed by atoms with Crippen LogP contribution >= 0.6 is 0 Å². The lowest BCUT2D eigenvalue weighted by Crippen LogP contribution is -2.88. The van der Waals surface area contributed by atoms with Crippen molar-refractivity contribution < 1.29 is 28.9 Å². The Bertz CT molecular complexity index is 875. The number of carbonyl (C=O) groups excluding carboxylic acids is 2. The fourth-order valence-corrected chi connectivity index (χ4v) is 8.61. The van der Waals surface area contributed by atoms with Crippen molar-refractivity contribution in [3.63, 3.8) is 0 Å². The van der Waals surface area contributed by atoms with Crippen molar-refractivity contribution in [3.05, 3.63) is 12.2 Å². The SMILES string of the molecule is C=C1C(=O)[C@@]23[C@@H]4OC(C)(C)OC25OC[C@]2(C(=O)CCC(C)(C)[C@H]2[C@@H]5O)[C@@H]3CC[C@@H]14. The first kappa shape index (κ1) is 18.7. The summed E-state index contributed by atoms with van der Waals surface area (Å²) in [7, 11) is 0. The molecule has 6 heteroatoms. The van der Waals surface area contributed by atoms with Gasteiger partial charge < -0.3 is 19.3 Å². The zero-order valence-electron chi connectivity index (χ0n) is 17.6. The molecular formula is C23H30O6. The summed E-state index contributed by atoms with van der Waals surface area (Å²) < 4.78 is 19.2. The average molecular weight is 402 g/mol. The predicted molar refractivity (Wildman–Crippen MR) is 101 cm³/mol. The summed E-state index contributed by atoms with van der Waals surface area (Å²) >= 11 is 0.